The van der Waals surface area contributed by atoms with E-state index in [1.165, 1.54) is 36.0 Å². The maximum absolute atomic E-state index is 13.1. The van der Waals surface area contributed by atoms with Crippen LogP contribution in [-0.4, -0.2) is 33.8 Å². The largest absolute Gasteiger partial charge is 0.376 e. The molecule has 0 N–H and O–H groups in total. The van der Waals surface area contributed by atoms with E-state index in [2.05, 4.69) is 4.98 Å². The van der Waals surface area contributed by atoms with Gasteiger partial charge in [-0.2, -0.15) is 0 Å². The van der Waals surface area contributed by atoms with Crippen molar-refractivity contribution in [2.24, 2.45) is 0 Å². The molecule has 29 heavy (non-hydrogen) atoms. The van der Waals surface area contributed by atoms with Crippen LogP contribution in [0.2, 0.25) is 5.02 Å². The Kier molecular flexibility index (Phi) is 5.99. The fourth-order valence-corrected chi connectivity index (χ4v) is 4.36. The standard InChI is InChI=1S/C21H18ClFN2O3S/c22-14-5-8-17-18(10-14)24-21(25(20(17)27)11-16-2-1-9-28-16)29-12-19(26)13-3-6-15(23)7-4-13/h3-8,10,16H,1-2,9,11-12H2. The van der Waals surface area contributed by atoms with E-state index in [1.54, 1.807) is 22.8 Å². The van der Waals surface area contributed by atoms with Crippen molar-refractivity contribution in [2.45, 2.75) is 30.6 Å². The Morgan fingerprint density at radius 3 is 2.79 bits per heavy atom. The molecule has 1 atom stereocenters. The molecule has 1 fully saturated rings. The summed E-state index contributed by atoms with van der Waals surface area (Å²) in [5, 5.41) is 1.40. The molecule has 1 unspecified atom stereocenters. The highest BCUT2D eigenvalue weighted by Crippen LogP contribution is 2.23. The topological polar surface area (TPSA) is 61.2 Å². The zero-order valence-corrected chi connectivity index (χ0v) is 17.0. The number of thioether (sulfide) groups is 1. The first kappa shape index (κ1) is 20.1. The van der Waals surface area contributed by atoms with E-state index in [0.29, 0.717) is 39.8 Å². The van der Waals surface area contributed by atoms with Crippen LogP contribution in [0.1, 0.15) is 23.2 Å². The van der Waals surface area contributed by atoms with Gasteiger partial charge in [-0.25, -0.2) is 9.37 Å². The molecular weight excluding hydrogens is 415 g/mol. The lowest BCUT2D eigenvalue weighted by molar-refractivity contribution is 0.0937. The van der Waals surface area contributed by atoms with Gasteiger partial charge in [0.2, 0.25) is 0 Å². The molecule has 3 aromatic rings. The Morgan fingerprint density at radius 2 is 2.07 bits per heavy atom. The molecule has 0 spiro atoms. The maximum atomic E-state index is 13.1. The first-order valence-electron chi connectivity index (χ1n) is 9.24. The van der Waals surface area contributed by atoms with E-state index in [4.69, 9.17) is 16.3 Å². The second-order valence-corrected chi connectivity index (χ2v) is 8.20. The lowest BCUT2D eigenvalue weighted by Gasteiger charge is -2.16. The summed E-state index contributed by atoms with van der Waals surface area (Å²) in [5.74, 6) is -0.484. The van der Waals surface area contributed by atoms with Gasteiger partial charge in [0, 0.05) is 17.2 Å². The van der Waals surface area contributed by atoms with Crippen molar-refractivity contribution in [1.82, 2.24) is 9.55 Å². The lowest BCUT2D eigenvalue weighted by atomic mass is 10.1. The number of Topliss-reactive ketones (excluding diaryl/α,β-unsaturated/α-hetero) is 1. The second-order valence-electron chi connectivity index (χ2n) is 6.83. The summed E-state index contributed by atoms with van der Waals surface area (Å²) in [6.07, 6.45) is 1.79. The third kappa shape index (κ3) is 4.52. The van der Waals surface area contributed by atoms with Gasteiger partial charge in [-0.1, -0.05) is 23.4 Å². The summed E-state index contributed by atoms with van der Waals surface area (Å²) >= 11 is 7.24. The van der Waals surface area contributed by atoms with Gasteiger partial charge >= 0.3 is 0 Å². The van der Waals surface area contributed by atoms with Crippen LogP contribution in [0.25, 0.3) is 10.9 Å². The van der Waals surface area contributed by atoms with E-state index in [1.807, 2.05) is 0 Å². The SMILES string of the molecule is O=C(CSc1nc2cc(Cl)ccc2c(=O)n1CC1CCCO1)c1ccc(F)cc1. The van der Waals surface area contributed by atoms with Crippen molar-refractivity contribution in [3.63, 3.8) is 0 Å². The molecule has 1 aromatic heterocycles. The van der Waals surface area contributed by atoms with Crippen molar-refractivity contribution < 1.29 is 13.9 Å². The van der Waals surface area contributed by atoms with Crippen LogP contribution in [0.15, 0.2) is 52.4 Å². The van der Waals surface area contributed by atoms with E-state index < -0.39 is 5.82 Å². The smallest absolute Gasteiger partial charge is 0.262 e. The molecule has 1 aliphatic rings. The third-order valence-electron chi connectivity index (χ3n) is 4.79. The maximum Gasteiger partial charge on any atom is 0.262 e. The van der Waals surface area contributed by atoms with Crippen LogP contribution in [0.3, 0.4) is 0 Å². The van der Waals surface area contributed by atoms with Crippen LogP contribution in [0, 0.1) is 5.82 Å². The zero-order valence-electron chi connectivity index (χ0n) is 15.4. The van der Waals surface area contributed by atoms with Gasteiger partial charge in [0.25, 0.3) is 5.56 Å². The Morgan fingerprint density at radius 1 is 1.28 bits per heavy atom. The highest BCUT2D eigenvalue weighted by molar-refractivity contribution is 7.99. The fraction of sp³-hybridized carbons (Fsp3) is 0.286. The fourth-order valence-electron chi connectivity index (χ4n) is 3.29. The van der Waals surface area contributed by atoms with Crippen molar-refractivity contribution in [3.8, 4) is 0 Å². The number of carbonyl (C=O) groups is 1. The van der Waals surface area contributed by atoms with Gasteiger partial charge < -0.3 is 4.74 Å². The van der Waals surface area contributed by atoms with Gasteiger partial charge in [0.1, 0.15) is 5.82 Å². The van der Waals surface area contributed by atoms with E-state index in [0.717, 1.165) is 12.8 Å². The Balaban J connectivity index is 1.65. The lowest BCUT2D eigenvalue weighted by Crippen LogP contribution is -2.29. The van der Waals surface area contributed by atoms with Gasteiger partial charge in [-0.3, -0.25) is 14.2 Å². The van der Waals surface area contributed by atoms with E-state index in [-0.39, 0.29) is 23.2 Å². The number of benzene rings is 2. The summed E-state index contributed by atoms with van der Waals surface area (Å²) in [5.41, 5.74) is 0.720. The summed E-state index contributed by atoms with van der Waals surface area (Å²) < 4.78 is 20.3. The highest BCUT2D eigenvalue weighted by Gasteiger charge is 2.21. The number of nitrogens with zero attached hydrogens (tertiary/aromatic N) is 2. The number of fused-ring (bicyclic) bond motifs is 1. The molecule has 0 amide bonds. The zero-order chi connectivity index (χ0) is 20.4. The molecule has 0 radical (unpaired) electrons. The minimum atomic E-state index is -0.396. The number of hydrogen-bond donors (Lipinski definition) is 0. The summed E-state index contributed by atoms with van der Waals surface area (Å²) in [6.45, 7) is 1.07. The van der Waals surface area contributed by atoms with Gasteiger partial charge in [0.15, 0.2) is 10.9 Å². The van der Waals surface area contributed by atoms with E-state index >= 15 is 0 Å². The molecule has 4 rings (SSSR count). The van der Waals surface area contributed by atoms with Crippen LogP contribution in [0.4, 0.5) is 4.39 Å². The molecule has 5 nitrogen and oxygen atoms in total. The van der Waals surface area contributed by atoms with Crippen LogP contribution in [0.5, 0.6) is 0 Å². The molecule has 8 heteroatoms. The molecule has 150 valence electrons. The highest BCUT2D eigenvalue weighted by atomic mass is 35.5. The van der Waals surface area contributed by atoms with Gasteiger partial charge in [0.05, 0.1) is 29.3 Å². The number of hydrogen-bond acceptors (Lipinski definition) is 5. The molecule has 2 aromatic carbocycles. The Bertz CT molecular complexity index is 1110. The second kappa shape index (κ2) is 8.65. The average molecular weight is 433 g/mol. The Labute approximate surface area is 175 Å². The first-order chi connectivity index (χ1) is 14.0. The number of ether oxygens (including phenoxy) is 1. The average Bonchev–Trinajstić information content (AvgIpc) is 3.22. The van der Waals surface area contributed by atoms with Crippen LogP contribution >= 0.6 is 23.4 Å². The number of carbonyl (C=O) groups excluding carboxylic acids is 1. The number of halogens is 2. The molecule has 0 aliphatic carbocycles. The predicted molar refractivity (Wildman–Crippen MR) is 111 cm³/mol. The minimum Gasteiger partial charge on any atom is -0.376 e. The van der Waals surface area contributed by atoms with Crippen molar-refractivity contribution in [2.75, 3.05) is 12.4 Å². The van der Waals surface area contributed by atoms with Gasteiger partial charge in [-0.05, 0) is 55.3 Å². The first-order valence-corrected chi connectivity index (χ1v) is 10.6. The monoisotopic (exact) mass is 432 g/mol. The molecule has 1 aliphatic heterocycles. The minimum absolute atomic E-state index is 0.0496. The molecular formula is C21H18ClFN2O3S. The van der Waals surface area contributed by atoms with Gasteiger partial charge in [-0.15, -0.1) is 0 Å². The summed E-state index contributed by atoms with van der Waals surface area (Å²) in [6, 6.07) is 10.4. The number of aromatic nitrogens is 2. The summed E-state index contributed by atoms with van der Waals surface area (Å²) in [4.78, 5) is 30.2. The third-order valence-corrected chi connectivity index (χ3v) is 6.00. The molecule has 1 saturated heterocycles. The predicted octanol–water partition coefficient (Wildman–Crippen LogP) is 4.34. The van der Waals surface area contributed by atoms with Crippen molar-refractivity contribution in [1.29, 1.82) is 0 Å². The van der Waals surface area contributed by atoms with Crippen LogP contribution in [-0.2, 0) is 11.3 Å². The van der Waals surface area contributed by atoms with Crippen LogP contribution < -0.4 is 5.56 Å². The molecule has 2 heterocycles. The van der Waals surface area contributed by atoms with Crippen molar-refractivity contribution in [3.05, 3.63) is 69.2 Å². The molecule has 0 bridgehead atoms. The van der Waals surface area contributed by atoms with Crippen molar-refractivity contribution >= 4 is 40.0 Å². The number of rotatable bonds is 6. The quantitative estimate of drug-likeness (QED) is 0.329. The van der Waals surface area contributed by atoms with E-state index in [9.17, 15) is 14.0 Å². The Hall–Kier alpha value is -2.22. The normalized spacial score (nSPS) is 16.4. The molecule has 0 saturated carbocycles. The summed E-state index contributed by atoms with van der Waals surface area (Å²) in [7, 11) is 0. The number of ketones is 1.